The van der Waals surface area contributed by atoms with E-state index in [9.17, 15) is 8.42 Å². The van der Waals surface area contributed by atoms with Crippen molar-refractivity contribution in [1.29, 1.82) is 0 Å². The van der Waals surface area contributed by atoms with Crippen molar-refractivity contribution in [2.24, 2.45) is 5.92 Å². The number of benzene rings is 1. The summed E-state index contributed by atoms with van der Waals surface area (Å²) in [4.78, 5) is 0.301. The molecule has 1 aliphatic rings. The summed E-state index contributed by atoms with van der Waals surface area (Å²) in [5.74, 6) is 0.604. The molecule has 1 aromatic rings. The molecule has 1 aliphatic heterocycles. The van der Waals surface area contributed by atoms with Crippen LogP contribution in [0.15, 0.2) is 23.1 Å². The van der Waals surface area contributed by atoms with Crippen LogP contribution >= 0.6 is 0 Å². The molecule has 0 bridgehead atoms. The number of aryl methyl sites for hydroxylation is 1. The second-order valence-corrected chi connectivity index (χ2v) is 7.16. The standard InChI is InChI=1S/C14H23N3O2S/c1-11-5-6-13(20(18,19)15-2)8-14(11)17-10-12-4-3-7-16-9-12/h5-6,8,12,15-17H,3-4,7,9-10H2,1-2H3. The molecule has 0 aliphatic carbocycles. The summed E-state index contributed by atoms with van der Waals surface area (Å²) in [6, 6.07) is 5.18. The van der Waals surface area contributed by atoms with Gasteiger partial charge in [-0.05, 0) is 63.5 Å². The first-order valence-corrected chi connectivity index (χ1v) is 8.50. The van der Waals surface area contributed by atoms with Crippen molar-refractivity contribution in [2.45, 2.75) is 24.7 Å². The van der Waals surface area contributed by atoms with Gasteiger partial charge in [-0.1, -0.05) is 6.07 Å². The predicted molar refractivity (Wildman–Crippen MR) is 81.5 cm³/mol. The Balaban J connectivity index is 2.08. The first kappa shape index (κ1) is 15.3. The number of sulfonamides is 1. The highest BCUT2D eigenvalue weighted by atomic mass is 32.2. The molecule has 1 atom stereocenters. The zero-order chi connectivity index (χ0) is 14.6. The van der Waals surface area contributed by atoms with Crippen molar-refractivity contribution in [3.05, 3.63) is 23.8 Å². The Morgan fingerprint density at radius 2 is 2.20 bits per heavy atom. The molecule has 0 aromatic heterocycles. The summed E-state index contributed by atoms with van der Waals surface area (Å²) in [5.41, 5.74) is 1.95. The Hall–Kier alpha value is -1.11. The van der Waals surface area contributed by atoms with Crippen LogP contribution in [0.4, 0.5) is 5.69 Å². The van der Waals surface area contributed by atoms with E-state index in [0.29, 0.717) is 10.8 Å². The first-order valence-electron chi connectivity index (χ1n) is 7.02. The van der Waals surface area contributed by atoms with Gasteiger partial charge in [-0.25, -0.2) is 13.1 Å². The van der Waals surface area contributed by atoms with Crippen molar-refractivity contribution in [3.8, 4) is 0 Å². The molecule has 0 amide bonds. The Bertz CT molecular complexity index is 552. The van der Waals surface area contributed by atoms with Gasteiger partial charge in [0.1, 0.15) is 0 Å². The van der Waals surface area contributed by atoms with Gasteiger partial charge >= 0.3 is 0 Å². The third-order valence-electron chi connectivity index (χ3n) is 3.77. The minimum Gasteiger partial charge on any atom is -0.384 e. The maximum atomic E-state index is 11.8. The molecule has 0 radical (unpaired) electrons. The summed E-state index contributed by atoms with van der Waals surface area (Å²) in [5, 5.41) is 6.77. The van der Waals surface area contributed by atoms with Gasteiger partial charge in [0, 0.05) is 12.2 Å². The van der Waals surface area contributed by atoms with Crippen molar-refractivity contribution in [2.75, 3.05) is 32.0 Å². The number of piperidine rings is 1. The van der Waals surface area contributed by atoms with E-state index in [2.05, 4.69) is 15.4 Å². The van der Waals surface area contributed by atoms with Gasteiger partial charge < -0.3 is 10.6 Å². The highest BCUT2D eigenvalue weighted by Crippen LogP contribution is 2.21. The van der Waals surface area contributed by atoms with Gasteiger partial charge in [-0.3, -0.25) is 0 Å². The van der Waals surface area contributed by atoms with Gasteiger partial charge in [0.25, 0.3) is 0 Å². The average molecular weight is 297 g/mol. The first-order chi connectivity index (χ1) is 9.53. The van der Waals surface area contributed by atoms with E-state index in [4.69, 9.17) is 0 Å². The molecule has 112 valence electrons. The molecule has 1 saturated heterocycles. The van der Waals surface area contributed by atoms with Crippen LogP contribution in [0.3, 0.4) is 0 Å². The molecule has 0 saturated carbocycles. The lowest BCUT2D eigenvalue weighted by Crippen LogP contribution is -2.33. The molecule has 0 spiro atoms. The molecule has 5 nitrogen and oxygen atoms in total. The third kappa shape index (κ3) is 3.71. The van der Waals surface area contributed by atoms with E-state index >= 15 is 0 Å². The summed E-state index contributed by atoms with van der Waals surface area (Å²) < 4.78 is 26.0. The van der Waals surface area contributed by atoms with Crippen molar-refractivity contribution in [1.82, 2.24) is 10.0 Å². The van der Waals surface area contributed by atoms with Gasteiger partial charge in [-0.15, -0.1) is 0 Å². The van der Waals surface area contributed by atoms with Crippen LogP contribution in [0, 0.1) is 12.8 Å². The number of rotatable bonds is 5. The van der Waals surface area contributed by atoms with E-state index in [1.807, 2.05) is 13.0 Å². The van der Waals surface area contributed by atoms with Crippen LogP contribution in [-0.4, -0.2) is 35.1 Å². The quantitative estimate of drug-likeness (QED) is 0.766. The Kier molecular flexibility index (Phi) is 5.01. The minimum absolute atomic E-state index is 0.301. The summed E-state index contributed by atoms with van der Waals surface area (Å²) >= 11 is 0. The summed E-state index contributed by atoms with van der Waals surface area (Å²) in [6.45, 7) is 4.99. The fourth-order valence-electron chi connectivity index (χ4n) is 2.43. The predicted octanol–water partition coefficient (Wildman–Crippen LogP) is 1.31. The fraction of sp³-hybridized carbons (Fsp3) is 0.571. The minimum atomic E-state index is -3.38. The fourth-order valence-corrected chi connectivity index (χ4v) is 3.18. The SMILES string of the molecule is CNS(=O)(=O)c1ccc(C)c(NCC2CCCNC2)c1. The molecule has 1 unspecified atom stereocenters. The maximum Gasteiger partial charge on any atom is 0.240 e. The molecule has 1 heterocycles. The lowest BCUT2D eigenvalue weighted by Gasteiger charge is -2.24. The van der Waals surface area contributed by atoms with E-state index in [-0.39, 0.29) is 0 Å². The van der Waals surface area contributed by atoms with Crippen LogP contribution in [0.25, 0.3) is 0 Å². The van der Waals surface area contributed by atoms with Crippen LogP contribution in [0.1, 0.15) is 18.4 Å². The van der Waals surface area contributed by atoms with Crippen LogP contribution in [-0.2, 0) is 10.0 Å². The molecule has 1 fully saturated rings. The normalized spacial score (nSPS) is 19.8. The van der Waals surface area contributed by atoms with Crippen molar-refractivity contribution >= 4 is 15.7 Å². The molecule has 20 heavy (non-hydrogen) atoms. The number of anilines is 1. The largest absolute Gasteiger partial charge is 0.384 e. The van der Waals surface area contributed by atoms with Crippen LogP contribution in [0.5, 0.6) is 0 Å². The number of hydrogen-bond acceptors (Lipinski definition) is 4. The maximum absolute atomic E-state index is 11.8. The molecular formula is C14H23N3O2S. The molecule has 1 aromatic carbocycles. The lowest BCUT2D eigenvalue weighted by atomic mass is 9.99. The topological polar surface area (TPSA) is 70.2 Å². The summed E-state index contributed by atoms with van der Waals surface area (Å²) in [6.07, 6.45) is 2.42. The summed E-state index contributed by atoms with van der Waals surface area (Å²) in [7, 11) is -1.96. The van der Waals surface area contributed by atoms with Crippen LogP contribution < -0.4 is 15.4 Å². The van der Waals surface area contributed by atoms with Crippen molar-refractivity contribution < 1.29 is 8.42 Å². The van der Waals surface area contributed by atoms with Gasteiger partial charge in [0.15, 0.2) is 0 Å². The van der Waals surface area contributed by atoms with Gasteiger partial charge in [0.2, 0.25) is 10.0 Å². The second-order valence-electron chi connectivity index (χ2n) is 5.28. The van der Waals surface area contributed by atoms with Gasteiger partial charge in [0.05, 0.1) is 4.90 Å². The Morgan fingerprint density at radius 1 is 1.40 bits per heavy atom. The number of hydrogen-bond donors (Lipinski definition) is 3. The molecule has 6 heteroatoms. The average Bonchev–Trinajstić information content (AvgIpc) is 2.47. The van der Waals surface area contributed by atoms with E-state index in [0.717, 1.165) is 30.9 Å². The highest BCUT2D eigenvalue weighted by molar-refractivity contribution is 7.89. The van der Waals surface area contributed by atoms with E-state index in [1.54, 1.807) is 12.1 Å². The second kappa shape index (κ2) is 6.56. The Labute approximate surface area is 121 Å². The third-order valence-corrected chi connectivity index (χ3v) is 5.18. The highest BCUT2D eigenvalue weighted by Gasteiger charge is 2.15. The smallest absolute Gasteiger partial charge is 0.240 e. The van der Waals surface area contributed by atoms with Crippen molar-refractivity contribution in [3.63, 3.8) is 0 Å². The van der Waals surface area contributed by atoms with Crippen LogP contribution in [0.2, 0.25) is 0 Å². The Morgan fingerprint density at radius 3 is 2.85 bits per heavy atom. The molecular weight excluding hydrogens is 274 g/mol. The molecule has 2 rings (SSSR count). The zero-order valence-electron chi connectivity index (χ0n) is 12.1. The molecule has 3 N–H and O–H groups in total. The van der Waals surface area contributed by atoms with Gasteiger partial charge in [-0.2, -0.15) is 0 Å². The van der Waals surface area contributed by atoms with E-state index in [1.165, 1.54) is 19.9 Å². The monoisotopic (exact) mass is 297 g/mol. The lowest BCUT2D eigenvalue weighted by molar-refractivity contribution is 0.393. The number of nitrogens with one attached hydrogen (secondary N) is 3. The van der Waals surface area contributed by atoms with E-state index < -0.39 is 10.0 Å². The zero-order valence-corrected chi connectivity index (χ0v) is 12.9.